The molecule has 0 bridgehead atoms. The van der Waals surface area contributed by atoms with Gasteiger partial charge in [-0.1, -0.05) is 0 Å². The lowest BCUT2D eigenvalue weighted by molar-refractivity contribution is 0.0695. The van der Waals surface area contributed by atoms with Crippen molar-refractivity contribution in [2.75, 3.05) is 0 Å². The molecule has 3 aromatic rings. The van der Waals surface area contributed by atoms with Crippen molar-refractivity contribution in [3.8, 4) is 0 Å². The summed E-state index contributed by atoms with van der Waals surface area (Å²) in [6.07, 6.45) is 3.13. The van der Waals surface area contributed by atoms with Crippen LogP contribution in [0.3, 0.4) is 0 Å². The van der Waals surface area contributed by atoms with E-state index in [1.807, 2.05) is 16.8 Å². The van der Waals surface area contributed by atoms with Gasteiger partial charge in [0, 0.05) is 13.2 Å². The molecule has 1 N–H and O–H groups in total. The highest BCUT2D eigenvalue weighted by Gasteiger charge is 2.16. The van der Waals surface area contributed by atoms with E-state index in [1.54, 1.807) is 13.1 Å². The zero-order valence-electron chi connectivity index (χ0n) is 10.7. The molecule has 0 spiro atoms. The Labute approximate surface area is 113 Å². The normalized spacial score (nSPS) is 11.1. The maximum absolute atomic E-state index is 13.3. The number of rotatable bonds is 3. The molecule has 3 rings (SSSR count). The average molecular weight is 273 g/mol. The zero-order valence-corrected chi connectivity index (χ0v) is 10.7. The van der Waals surface area contributed by atoms with Crippen LogP contribution < -0.4 is 0 Å². The van der Waals surface area contributed by atoms with Gasteiger partial charge in [0.05, 0.1) is 24.0 Å². The highest BCUT2D eigenvalue weighted by Crippen LogP contribution is 2.19. The van der Waals surface area contributed by atoms with Crippen LogP contribution in [0.1, 0.15) is 16.1 Å². The van der Waals surface area contributed by atoms with E-state index in [0.29, 0.717) is 12.2 Å². The lowest BCUT2D eigenvalue weighted by Crippen LogP contribution is -2.09. The first-order chi connectivity index (χ1) is 9.56. The Kier molecular flexibility index (Phi) is 2.78. The van der Waals surface area contributed by atoms with Crippen LogP contribution in [-0.4, -0.2) is 25.4 Å². The summed E-state index contributed by atoms with van der Waals surface area (Å²) in [6, 6.07) is 6.40. The Balaban J connectivity index is 2.08. The largest absolute Gasteiger partial charge is 0.478 e. The van der Waals surface area contributed by atoms with E-state index < -0.39 is 5.97 Å². The van der Waals surface area contributed by atoms with Gasteiger partial charge in [0.1, 0.15) is 11.4 Å². The van der Waals surface area contributed by atoms with Crippen molar-refractivity contribution in [2.45, 2.75) is 6.54 Å². The van der Waals surface area contributed by atoms with Crippen molar-refractivity contribution in [1.82, 2.24) is 14.3 Å². The number of aromatic carboxylic acids is 1. The van der Waals surface area contributed by atoms with Crippen LogP contribution in [0.2, 0.25) is 0 Å². The lowest BCUT2D eigenvalue weighted by atomic mass is 10.2. The molecule has 0 amide bonds. The number of hydrogen-bond donors (Lipinski definition) is 1. The Hall–Kier alpha value is -2.63. The second-order valence-electron chi connectivity index (χ2n) is 4.58. The van der Waals surface area contributed by atoms with Gasteiger partial charge in [-0.15, -0.1) is 0 Å². The van der Waals surface area contributed by atoms with Gasteiger partial charge in [-0.3, -0.25) is 4.68 Å². The molecule has 0 fully saturated rings. The first-order valence-electron chi connectivity index (χ1n) is 6.05. The van der Waals surface area contributed by atoms with Crippen molar-refractivity contribution < 1.29 is 14.3 Å². The van der Waals surface area contributed by atoms with Crippen molar-refractivity contribution >= 4 is 16.9 Å². The fourth-order valence-electron chi connectivity index (χ4n) is 2.29. The van der Waals surface area contributed by atoms with E-state index >= 15 is 0 Å². The van der Waals surface area contributed by atoms with Crippen LogP contribution in [0.15, 0.2) is 36.7 Å². The van der Waals surface area contributed by atoms with E-state index in [-0.39, 0.29) is 11.4 Å². The molecule has 20 heavy (non-hydrogen) atoms. The van der Waals surface area contributed by atoms with E-state index in [1.165, 1.54) is 23.0 Å². The summed E-state index contributed by atoms with van der Waals surface area (Å²) in [6.45, 7) is 0.324. The summed E-state index contributed by atoms with van der Waals surface area (Å²) in [5, 5.41) is 14.0. The van der Waals surface area contributed by atoms with Gasteiger partial charge in [0.15, 0.2) is 0 Å². The minimum Gasteiger partial charge on any atom is -0.478 e. The smallest absolute Gasteiger partial charge is 0.339 e. The number of carbonyl (C=O) groups is 1. The molecule has 0 aliphatic carbocycles. The second kappa shape index (κ2) is 4.48. The number of carboxylic acids is 1. The van der Waals surface area contributed by atoms with Crippen LogP contribution in [0.25, 0.3) is 10.9 Å². The fraction of sp³-hybridized carbons (Fsp3) is 0.143. The van der Waals surface area contributed by atoms with E-state index in [9.17, 15) is 9.18 Å². The number of benzene rings is 1. The van der Waals surface area contributed by atoms with Crippen LogP contribution in [0, 0.1) is 5.82 Å². The van der Waals surface area contributed by atoms with E-state index in [0.717, 1.165) is 10.9 Å². The molecule has 6 heteroatoms. The molecule has 1 aromatic carbocycles. The predicted octanol–water partition coefficient (Wildman–Crippen LogP) is 2.26. The van der Waals surface area contributed by atoms with Crippen LogP contribution in [0.4, 0.5) is 4.39 Å². The third kappa shape index (κ3) is 1.95. The Bertz CT molecular complexity index is 804. The Morgan fingerprint density at radius 1 is 1.40 bits per heavy atom. The van der Waals surface area contributed by atoms with Gasteiger partial charge in [0.2, 0.25) is 0 Å². The maximum atomic E-state index is 13.3. The molecule has 0 saturated heterocycles. The summed E-state index contributed by atoms with van der Waals surface area (Å²) in [4.78, 5) is 11.2. The summed E-state index contributed by atoms with van der Waals surface area (Å²) in [5.41, 5.74) is 1.45. The second-order valence-corrected chi connectivity index (χ2v) is 4.58. The summed E-state index contributed by atoms with van der Waals surface area (Å²) in [7, 11) is 1.69. The number of halogens is 1. The van der Waals surface area contributed by atoms with Crippen LogP contribution >= 0.6 is 0 Å². The summed E-state index contributed by atoms with van der Waals surface area (Å²) < 4.78 is 16.7. The first-order valence-corrected chi connectivity index (χ1v) is 6.05. The van der Waals surface area contributed by atoms with Crippen molar-refractivity contribution in [3.63, 3.8) is 0 Å². The molecular formula is C14H12FN3O2. The minimum absolute atomic E-state index is 0.158. The SMILES string of the molecule is Cn1ncc(C(=O)O)c1Cn1ccc2ccc(F)cc21. The molecule has 102 valence electrons. The molecule has 0 aliphatic heterocycles. The molecule has 2 aromatic heterocycles. The lowest BCUT2D eigenvalue weighted by Gasteiger charge is -2.07. The summed E-state index contributed by atoms with van der Waals surface area (Å²) in [5.74, 6) is -1.34. The fourth-order valence-corrected chi connectivity index (χ4v) is 2.29. The maximum Gasteiger partial charge on any atom is 0.339 e. The van der Waals surface area contributed by atoms with E-state index in [4.69, 9.17) is 5.11 Å². The van der Waals surface area contributed by atoms with Gasteiger partial charge in [-0.2, -0.15) is 5.10 Å². The minimum atomic E-state index is -1.02. The molecule has 0 unspecified atom stereocenters. The topological polar surface area (TPSA) is 60.1 Å². The highest BCUT2D eigenvalue weighted by molar-refractivity contribution is 5.88. The van der Waals surface area contributed by atoms with Gasteiger partial charge in [-0.25, -0.2) is 9.18 Å². The van der Waals surface area contributed by atoms with Gasteiger partial charge < -0.3 is 9.67 Å². The predicted molar refractivity (Wildman–Crippen MR) is 71.2 cm³/mol. The number of aryl methyl sites for hydroxylation is 1. The molecule has 0 saturated carbocycles. The molecule has 2 heterocycles. The molecular weight excluding hydrogens is 261 g/mol. The zero-order chi connectivity index (χ0) is 14.3. The van der Waals surface area contributed by atoms with Gasteiger partial charge >= 0.3 is 5.97 Å². The first kappa shape index (κ1) is 12.4. The molecule has 0 aliphatic rings. The average Bonchev–Trinajstić information content (AvgIpc) is 2.95. The molecule has 0 radical (unpaired) electrons. The van der Waals surface area contributed by atoms with Crippen LogP contribution in [0.5, 0.6) is 0 Å². The third-order valence-electron chi connectivity index (χ3n) is 3.35. The van der Waals surface area contributed by atoms with Crippen LogP contribution in [-0.2, 0) is 13.6 Å². The molecule has 0 atom stereocenters. The van der Waals surface area contributed by atoms with Crippen molar-refractivity contribution in [3.05, 3.63) is 53.7 Å². The Morgan fingerprint density at radius 3 is 2.95 bits per heavy atom. The number of aromatic nitrogens is 3. The van der Waals surface area contributed by atoms with E-state index in [2.05, 4.69) is 5.10 Å². The van der Waals surface area contributed by atoms with Crippen molar-refractivity contribution in [1.29, 1.82) is 0 Å². The molecule has 5 nitrogen and oxygen atoms in total. The van der Waals surface area contributed by atoms with Gasteiger partial charge in [0.25, 0.3) is 0 Å². The monoisotopic (exact) mass is 273 g/mol. The number of nitrogens with zero attached hydrogens (tertiary/aromatic N) is 3. The number of fused-ring (bicyclic) bond motifs is 1. The summed E-state index contributed by atoms with van der Waals surface area (Å²) >= 11 is 0. The third-order valence-corrected chi connectivity index (χ3v) is 3.35. The van der Waals surface area contributed by atoms with Gasteiger partial charge in [-0.05, 0) is 29.7 Å². The highest BCUT2D eigenvalue weighted by atomic mass is 19.1. The quantitative estimate of drug-likeness (QED) is 0.796. The Morgan fingerprint density at radius 2 is 2.20 bits per heavy atom. The number of carboxylic acid groups (broad SMARTS) is 1. The standard InChI is InChI=1S/C14H12FN3O2/c1-17-13(11(7-16-17)14(19)20)8-18-5-4-9-2-3-10(15)6-12(9)18/h2-7H,8H2,1H3,(H,19,20). The van der Waals surface area contributed by atoms with Crippen molar-refractivity contribution in [2.24, 2.45) is 7.05 Å². The number of hydrogen-bond acceptors (Lipinski definition) is 2.